The van der Waals surface area contributed by atoms with E-state index in [1.165, 1.54) is 24.3 Å². The summed E-state index contributed by atoms with van der Waals surface area (Å²) in [5.41, 5.74) is 6.36. The third-order valence-corrected chi connectivity index (χ3v) is 2.96. The summed E-state index contributed by atoms with van der Waals surface area (Å²) in [6, 6.07) is 10.5. The van der Waals surface area contributed by atoms with Crippen LogP contribution in [0.15, 0.2) is 36.4 Å². The summed E-state index contributed by atoms with van der Waals surface area (Å²) in [6.07, 6.45) is 0.534. The topological polar surface area (TPSA) is 59.0 Å². The molecule has 0 saturated carbocycles. The average molecular weight is 288 g/mol. The largest absolute Gasteiger partial charge is 0.489 e. The molecule has 2 aromatic rings. The molecule has 2 aromatic carbocycles. The summed E-state index contributed by atoms with van der Waals surface area (Å²) in [5, 5.41) is 8.77. The van der Waals surface area contributed by atoms with Crippen molar-refractivity contribution in [1.29, 1.82) is 5.26 Å². The number of nitrogens with two attached hydrogens (primary N) is 1. The Bertz CT molecular complexity index is 680. The quantitative estimate of drug-likeness (QED) is 0.920. The maximum absolute atomic E-state index is 13.9. The molecule has 0 atom stereocenters. The van der Waals surface area contributed by atoms with Gasteiger partial charge in [0.05, 0.1) is 5.56 Å². The van der Waals surface area contributed by atoms with Crippen LogP contribution >= 0.6 is 0 Å². The molecule has 2 N–H and O–H groups in total. The fourth-order valence-electron chi connectivity index (χ4n) is 1.95. The lowest BCUT2D eigenvalue weighted by Gasteiger charge is -2.09. The van der Waals surface area contributed by atoms with Crippen LogP contribution < -0.4 is 10.5 Å². The Morgan fingerprint density at radius 2 is 2.00 bits per heavy atom. The van der Waals surface area contributed by atoms with E-state index < -0.39 is 11.6 Å². The van der Waals surface area contributed by atoms with Gasteiger partial charge in [0.1, 0.15) is 30.1 Å². The summed E-state index contributed by atoms with van der Waals surface area (Å²) in [6.45, 7) is 0.328. The molecule has 0 aliphatic rings. The Morgan fingerprint density at radius 1 is 1.19 bits per heavy atom. The van der Waals surface area contributed by atoms with Gasteiger partial charge in [0.2, 0.25) is 0 Å². The average Bonchev–Trinajstić information content (AvgIpc) is 2.46. The second-order valence-corrected chi connectivity index (χ2v) is 4.51. The third-order valence-electron chi connectivity index (χ3n) is 2.96. The molecule has 0 heterocycles. The molecule has 21 heavy (non-hydrogen) atoms. The van der Waals surface area contributed by atoms with E-state index in [4.69, 9.17) is 15.7 Å². The van der Waals surface area contributed by atoms with Gasteiger partial charge in [-0.3, -0.25) is 0 Å². The Hall–Kier alpha value is -2.45. The van der Waals surface area contributed by atoms with Gasteiger partial charge in [-0.25, -0.2) is 8.78 Å². The van der Waals surface area contributed by atoms with E-state index in [1.54, 1.807) is 18.2 Å². The minimum atomic E-state index is -0.612. The summed E-state index contributed by atoms with van der Waals surface area (Å²) in [5.74, 6) is -0.735. The zero-order valence-corrected chi connectivity index (χ0v) is 11.3. The summed E-state index contributed by atoms with van der Waals surface area (Å²) >= 11 is 0. The van der Waals surface area contributed by atoms with E-state index in [9.17, 15) is 8.78 Å². The van der Waals surface area contributed by atoms with Gasteiger partial charge in [-0.2, -0.15) is 5.26 Å². The van der Waals surface area contributed by atoms with Crippen LogP contribution in [0.4, 0.5) is 8.78 Å². The number of rotatable bonds is 5. The molecular weight excluding hydrogens is 274 g/mol. The smallest absolute Gasteiger partial charge is 0.147 e. The van der Waals surface area contributed by atoms with Crippen molar-refractivity contribution in [1.82, 2.24) is 0 Å². The van der Waals surface area contributed by atoms with Crippen LogP contribution in [0.5, 0.6) is 5.75 Å². The van der Waals surface area contributed by atoms with Crippen LogP contribution in [0.25, 0.3) is 0 Å². The van der Waals surface area contributed by atoms with Crippen molar-refractivity contribution in [3.8, 4) is 11.8 Å². The number of hydrogen-bond acceptors (Lipinski definition) is 3. The van der Waals surface area contributed by atoms with Crippen LogP contribution in [0.1, 0.15) is 16.7 Å². The van der Waals surface area contributed by atoms with E-state index in [-0.39, 0.29) is 17.7 Å². The van der Waals surface area contributed by atoms with Crippen LogP contribution in [-0.2, 0) is 13.0 Å². The van der Waals surface area contributed by atoms with Crippen molar-refractivity contribution in [2.24, 2.45) is 5.73 Å². The second-order valence-electron chi connectivity index (χ2n) is 4.51. The normalized spacial score (nSPS) is 10.2. The molecule has 0 spiro atoms. The van der Waals surface area contributed by atoms with E-state index >= 15 is 0 Å². The maximum Gasteiger partial charge on any atom is 0.147 e. The summed E-state index contributed by atoms with van der Waals surface area (Å²) < 4.78 is 32.7. The molecule has 0 bridgehead atoms. The minimum absolute atomic E-state index is 0.0424. The molecule has 5 heteroatoms. The van der Waals surface area contributed by atoms with Gasteiger partial charge in [-0.15, -0.1) is 0 Å². The van der Waals surface area contributed by atoms with Crippen LogP contribution in [0, 0.1) is 23.0 Å². The maximum atomic E-state index is 13.9. The fraction of sp³-hybridized carbons (Fsp3) is 0.188. The highest BCUT2D eigenvalue weighted by atomic mass is 19.1. The van der Waals surface area contributed by atoms with Crippen LogP contribution in [0.2, 0.25) is 0 Å². The number of ether oxygens (including phenoxy) is 1. The molecule has 0 saturated heterocycles. The minimum Gasteiger partial charge on any atom is -0.489 e. The zero-order chi connectivity index (χ0) is 15.2. The lowest BCUT2D eigenvalue weighted by Crippen LogP contribution is -2.04. The van der Waals surface area contributed by atoms with E-state index in [0.29, 0.717) is 18.7 Å². The Morgan fingerprint density at radius 3 is 2.71 bits per heavy atom. The number of halogens is 2. The van der Waals surface area contributed by atoms with Crippen molar-refractivity contribution in [2.45, 2.75) is 13.0 Å². The molecule has 0 aliphatic heterocycles. The van der Waals surface area contributed by atoms with Crippen LogP contribution in [-0.4, -0.2) is 6.54 Å². The Labute approximate surface area is 121 Å². The first-order valence-corrected chi connectivity index (χ1v) is 6.44. The molecule has 2 rings (SSSR count). The second kappa shape index (κ2) is 6.82. The summed E-state index contributed by atoms with van der Waals surface area (Å²) in [7, 11) is 0. The Balaban J connectivity index is 2.15. The van der Waals surface area contributed by atoms with E-state index in [0.717, 1.165) is 5.56 Å². The van der Waals surface area contributed by atoms with Gasteiger partial charge in [0, 0.05) is 11.6 Å². The highest BCUT2D eigenvalue weighted by Gasteiger charge is 2.09. The third kappa shape index (κ3) is 3.77. The van der Waals surface area contributed by atoms with Gasteiger partial charge in [0.15, 0.2) is 0 Å². The van der Waals surface area contributed by atoms with Gasteiger partial charge in [-0.1, -0.05) is 12.1 Å². The predicted molar refractivity (Wildman–Crippen MR) is 74.6 cm³/mol. The molecule has 0 fully saturated rings. The zero-order valence-electron chi connectivity index (χ0n) is 11.3. The first-order valence-electron chi connectivity index (χ1n) is 6.44. The lowest BCUT2D eigenvalue weighted by molar-refractivity contribution is 0.298. The van der Waals surface area contributed by atoms with Crippen molar-refractivity contribution in [2.75, 3.05) is 6.54 Å². The SMILES string of the molecule is N#Cc1cccc(COc2cc(F)cc(CCN)c2)c1F. The van der Waals surface area contributed by atoms with Gasteiger partial charge >= 0.3 is 0 Å². The van der Waals surface area contributed by atoms with Gasteiger partial charge in [0.25, 0.3) is 0 Å². The van der Waals surface area contributed by atoms with Crippen molar-refractivity contribution in [3.05, 3.63) is 64.7 Å². The van der Waals surface area contributed by atoms with Gasteiger partial charge in [-0.05, 0) is 36.7 Å². The fourth-order valence-corrected chi connectivity index (χ4v) is 1.95. The van der Waals surface area contributed by atoms with Crippen molar-refractivity contribution >= 4 is 0 Å². The molecule has 3 nitrogen and oxygen atoms in total. The molecule has 108 valence electrons. The Kier molecular flexibility index (Phi) is 4.85. The van der Waals surface area contributed by atoms with E-state index in [2.05, 4.69) is 0 Å². The van der Waals surface area contributed by atoms with Crippen molar-refractivity contribution in [3.63, 3.8) is 0 Å². The van der Waals surface area contributed by atoms with Gasteiger partial charge < -0.3 is 10.5 Å². The number of benzene rings is 2. The van der Waals surface area contributed by atoms with Crippen molar-refractivity contribution < 1.29 is 13.5 Å². The van der Waals surface area contributed by atoms with E-state index in [1.807, 2.05) is 0 Å². The first kappa shape index (κ1) is 14.9. The molecular formula is C16H14F2N2O. The predicted octanol–water partition coefficient (Wildman–Crippen LogP) is 2.92. The lowest BCUT2D eigenvalue weighted by atomic mass is 10.1. The molecule has 0 radical (unpaired) electrons. The summed E-state index contributed by atoms with van der Waals surface area (Å²) in [4.78, 5) is 0. The number of hydrogen-bond donors (Lipinski definition) is 1. The molecule has 0 unspecified atom stereocenters. The molecule has 0 amide bonds. The number of nitriles is 1. The standard InChI is InChI=1S/C16H14F2N2O/c17-14-6-11(4-5-19)7-15(8-14)21-10-13-3-1-2-12(9-20)16(13)18/h1-3,6-8H,4-5,10,19H2. The molecule has 0 aliphatic carbocycles. The highest BCUT2D eigenvalue weighted by molar-refractivity contribution is 5.35. The highest BCUT2D eigenvalue weighted by Crippen LogP contribution is 2.20. The molecule has 0 aromatic heterocycles. The number of nitrogens with zero attached hydrogens (tertiary/aromatic N) is 1. The first-order chi connectivity index (χ1) is 10.1. The monoisotopic (exact) mass is 288 g/mol. The van der Waals surface area contributed by atoms with Crippen LogP contribution in [0.3, 0.4) is 0 Å².